The van der Waals surface area contributed by atoms with Crippen LogP contribution in [0.4, 0.5) is 0 Å². The van der Waals surface area contributed by atoms with Crippen LogP contribution in [0.15, 0.2) is 78.9 Å². The molecule has 154 valence electrons. The molecule has 0 bridgehead atoms. The number of aromatic hydroxyl groups is 1. The molecule has 0 saturated heterocycles. The van der Waals surface area contributed by atoms with Crippen molar-refractivity contribution < 1.29 is 9.84 Å². The van der Waals surface area contributed by atoms with Gasteiger partial charge in [-0.3, -0.25) is 0 Å². The average Bonchev–Trinajstić information content (AvgIpc) is 2.83. The van der Waals surface area contributed by atoms with Gasteiger partial charge >= 0.3 is 6.01 Å². The number of rotatable bonds is 4. The number of aromatic nitrogens is 3. The van der Waals surface area contributed by atoms with E-state index >= 15 is 0 Å². The highest BCUT2D eigenvalue weighted by Crippen LogP contribution is 2.39. The van der Waals surface area contributed by atoms with Gasteiger partial charge in [-0.2, -0.15) is 9.97 Å². The van der Waals surface area contributed by atoms with Crippen LogP contribution in [0, 0.1) is 0 Å². The molecule has 6 rings (SSSR count). The summed E-state index contributed by atoms with van der Waals surface area (Å²) in [5, 5.41) is 17.5. The van der Waals surface area contributed by atoms with Crippen molar-refractivity contribution in [1.29, 1.82) is 0 Å². The Morgan fingerprint density at radius 3 is 2.06 bits per heavy atom. The summed E-state index contributed by atoms with van der Waals surface area (Å²) in [4.78, 5) is 13.8. The Morgan fingerprint density at radius 2 is 1.31 bits per heavy atom. The third-order valence-electron chi connectivity index (χ3n) is 5.80. The Bertz CT molecular complexity index is 1590. The predicted octanol–water partition coefficient (Wildman–Crippen LogP) is 6.21. The second kappa shape index (κ2) is 7.17. The van der Waals surface area contributed by atoms with Crippen LogP contribution in [0.5, 0.6) is 11.8 Å². The van der Waals surface area contributed by atoms with Gasteiger partial charge in [0.1, 0.15) is 5.75 Å². The fourth-order valence-electron chi connectivity index (χ4n) is 4.38. The molecule has 0 spiro atoms. The molecule has 1 aromatic heterocycles. The lowest BCUT2D eigenvalue weighted by Gasteiger charge is -2.14. The molecule has 0 fully saturated rings. The number of benzene rings is 5. The first kappa shape index (κ1) is 18.5. The molecule has 5 heteroatoms. The maximum Gasteiger partial charge on any atom is 0.320 e. The van der Waals surface area contributed by atoms with Gasteiger partial charge in [0.2, 0.25) is 0 Å². The third-order valence-corrected chi connectivity index (χ3v) is 5.80. The lowest BCUT2D eigenvalue weighted by Crippen LogP contribution is -2.03. The van der Waals surface area contributed by atoms with Gasteiger partial charge in [0, 0.05) is 5.56 Å². The number of hydrogen-bond donors (Lipinski definition) is 1. The molecular formula is C27H19N3O2. The summed E-state index contributed by atoms with van der Waals surface area (Å²) in [7, 11) is 0. The van der Waals surface area contributed by atoms with E-state index in [0.717, 1.165) is 10.9 Å². The number of para-hydroxylation sites is 1. The fraction of sp³-hybridized carbons (Fsp3) is 0.0741. The second-order valence-electron chi connectivity index (χ2n) is 7.68. The lowest BCUT2D eigenvalue weighted by atomic mass is 9.92. The smallest absolute Gasteiger partial charge is 0.320 e. The summed E-state index contributed by atoms with van der Waals surface area (Å²) in [6.45, 7) is 2.32. The predicted molar refractivity (Wildman–Crippen MR) is 127 cm³/mol. The summed E-state index contributed by atoms with van der Waals surface area (Å²) < 4.78 is 5.65. The summed E-state index contributed by atoms with van der Waals surface area (Å²) >= 11 is 0. The molecule has 0 atom stereocenters. The van der Waals surface area contributed by atoms with Crippen molar-refractivity contribution in [1.82, 2.24) is 15.0 Å². The van der Waals surface area contributed by atoms with E-state index in [4.69, 9.17) is 9.72 Å². The molecule has 0 aliphatic heterocycles. The van der Waals surface area contributed by atoms with Crippen molar-refractivity contribution in [3.05, 3.63) is 78.9 Å². The van der Waals surface area contributed by atoms with Crippen LogP contribution in [0.1, 0.15) is 6.92 Å². The maximum absolute atomic E-state index is 10.4. The zero-order chi connectivity index (χ0) is 21.7. The largest absolute Gasteiger partial charge is 0.507 e. The van der Waals surface area contributed by atoms with Crippen molar-refractivity contribution in [2.75, 3.05) is 6.61 Å². The van der Waals surface area contributed by atoms with Crippen LogP contribution in [-0.4, -0.2) is 26.7 Å². The molecular weight excluding hydrogens is 398 g/mol. The van der Waals surface area contributed by atoms with Gasteiger partial charge < -0.3 is 9.84 Å². The molecule has 0 radical (unpaired) electrons. The zero-order valence-corrected chi connectivity index (χ0v) is 17.4. The Labute approximate surface area is 184 Å². The normalized spacial score (nSPS) is 11.5. The van der Waals surface area contributed by atoms with E-state index in [0.29, 0.717) is 23.8 Å². The molecule has 0 amide bonds. The third kappa shape index (κ3) is 2.82. The SMILES string of the molecule is CCOc1nc(-c2ccccc2O)nc(-c2ccc3ccc4cccc5ccc2c3c45)n1. The van der Waals surface area contributed by atoms with Crippen LogP contribution in [0.2, 0.25) is 0 Å². The van der Waals surface area contributed by atoms with E-state index in [2.05, 4.69) is 58.5 Å². The van der Waals surface area contributed by atoms with E-state index in [-0.39, 0.29) is 11.8 Å². The summed E-state index contributed by atoms with van der Waals surface area (Å²) in [6.07, 6.45) is 0. The standard InChI is InChI=1S/C27H19N3O2/c1-2-32-27-29-25(28-26(30-27)21-8-3-4-9-22(21)31)20-15-13-18-11-10-16-6-5-7-17-12-14-19(20)24(18)23(16)17/h3-15,31H,2H2,1H3. The lowest BCUT2D eigenvalue weighted by molar-refractivity contribution is 0.312. The molecule has 0 unspecified atom stereocenters. The Hall–Kier alpha value is -4.25. The van der Waals surface area contributed by atoms with E-state index < -0.39 is 0 Å². The van der Waals surface area contributed by atoms with Gasteiger partial charge in [0.15, 0.2) is 11.6 Å². The Balaban J connectivity index is 1.66. The molecule has 6 aromatic rings. The number of phenols is 1. The molecule has 0 aliphatic rings. The Morgan fingerprint density at radius 1 is 0.656 bits per heavy atom. The number of hydrogen-bond acceptors (Lipinski definition) is 5. The molecule has 1 heterocycles. The van der Waals surface area contributed by atoms with Crippen molar-refractivity contribution in [3.63, 3.8) is 0 Å². The molecule has 5 aromatic carbocycles. The first-order valence-electron chi connectivity index (χ1n) is 10.6. The van der Waals surface area contributed by atoms with Crippen LogP contribution < -0.4 is 4.74 Å². The number of phenolic OH excluding ortho intramolecular Hbond substituents is 1. The second-order valence-corrected chi connectivity index (χ2v) is 7.68. The number of nitrogens with zero attached hydrogens (tertiary/aromatic N) is 3. The van der Waals surface area contributed by atoms with Gasteiger partial charge in [-0.15, -0.1) is 0 Å². The van der Waals surface area contributed by atoms with Gasteiger partial charge in [-0.1, -0.05) is 60.7 Å². The molecule has 1 N–H and O–H groups in total. The van der Waals surface area contributed by atoms with Gasteiger partial charge in [0.25, 0.3) is 0 Å². The first-order chi connectivity index (χ1) is 15.7. The number of ether oxygens (including phenoxy) is 1. The molecule has 0 saturated carbocycles. The van der Waals surface area contributed by atoms with Crippen LogP contribution in [0.3, 0.4) is 0 Å². The van der Waals surface area contributed by atoms with E-state index in [1.165, 1.54) is 26.9 Å². The minimum absolute atomic E-state index is 0.113. The highest BCUT2D eigenvalue weighted by Gasteiger charge is 2.17. The quantitative estimate of drug-likeness (QED) is 0.346. The zero-order valence-electron chi connectivity index (χ0n) is 17.4. The first-order valence-corrected chi connectivity index (χ1v) is 10.6. The van der Waals surface area contributed by atoms with Gasteiger partial charge in [-0.25, -0.2) is 4.98 Å². The van der Waals surface area contributed by atoms with Crippen molar-refractivity contribution in [2.24, 2.45) is 0 Å². The monoisotopic (exact) mass is 417 g/mol. The van der Waals surface area contributed by atoms with Crippen LogP contribution >= 0.6 is 0 Å². The van der Waals surface area contributed by atoms with E-state index in [1.54, 1.807) is 18.2 Å². The topological polar surface area (TPSA) is 68.1 Å². The summed E-state index contributed by atoms with van der Waals surface area (Å²) in [5.41, 5.74) is 1.44. The summed E-state index contributed by atoms with van der Waals surface area (Å²) in [5.74, 6) is 1.00. The Kier molecular flexibility index (Phi) is 4.15. The fourth-order valence-corrected chi connectivity index (χ4v) is 4.38. The van der Waals surface area contributed by atoms with Crippen molar-refractivity contribution >= 4 is 32.3 Å². The highest BCUT2D eigenvalue weighted by molar-refractivity contribution is 6.25. The van der Waals surface area contributed by atoms with Crippen molar-refractivity contribution in [2.45, 2.75) is 6.92 Å². The van der Waals surface area contributed by atoms with Gasteiger partial charge in [0.05, 0.1) is 12.2 Å². The molecule has 0 aliphatic carbocycles. The maximum atomic E-state index is 10.4. The van der Waals surface area contributed by atoms with Crippen LogP contribution in [-0.2, 0) is 0 Å². The van der Waals surface area contributed by atoms with Crippen molar-refractivity contribution in [3.8, 4) is 34.5 Å². The van der Waals surface area contributed by atoms with Gasteiger partial charge in [-0.05, 0) is 57.4 Å². The molecule has 32 heavy (non-hydrogen) atoms. The highest BCUT2D eigenvalue weighted by atomic mass is 16.5. The van der Waals surface area contributed by atoms with E-state index in [9.17, 15) is 5.11 Å². The van der Waals surface area contributed by atoms with Crippen LogP contribution in [0.25, 0.3) is 55.1 Å². The molecule has 5 nitrogen and oxygen atoms in total. The minimum atomic E-state index is 0.113. The minimum Gasteiger partial charge on any atom is -0.507 e. The average molecular weight is 417 g/mol. The summed E-state index contributed by atoms with van der Waals surface area (Å²) in [6, 6.07) is 26.4. The van der Waals surface area contributed by atoms with E-state index in [1.807, 2.05) is 19.1 Å².